The molecule has 4 nitrogen and oxygen atoms in total. The SMILES string of the molecule is Cc1ccc(O)c(CN2CCN(C)C(C)(C)C2)n1. The van der Waals surface area contributed by atoms with E-state index in [9.17, 15) is 5.11 Å². The number of nitrogens with zero attached hydrogens (tertiary/aromatic N) is 3. The Morgan fingerprint density at radius 3 is 2.72 bits per heavy atom. The van der Waals surface area contributed by atoms with Gasteiger partial charge in [-0.3, -0.25) is 14.8 Å². The lowest BCUT2D eigenvalue weighted by Gasteiger charge is -2.45. The lowest BCUT2D eigenvalue weighted by molar-refractivity contribution is 0.0350. The van der Waals surface area contributed by atoms with Crippen molar-refractivity contribution in [3.8, 4) is 5.75 Å². The third-order valence-corrected chi connectivity index (χ3v) is 3.86. The summed E-state index contributed by atoms with van der Waals surface area (Å²) in [5.41, 5.74) is 1.92. The molecule has 2 heterocycles. The van der Waals surface area contributed by atoms with Crippen molar-refractivity contribution in [3.63, 3.8) is 0 Å². The number of aromatic nitrogens is 1. The van der Waals surface area contributed by atoms with Crippen molar-refractivity contribution in [2.45, 2.75) is 32.9 Å². The number of aromatic hydroxyl groups is 1. The van der Waals surface area contributed by atoms with Crippen LogP contribution in [0.2, 0.25) is 0 Å². The monoisotopic (exact) mass is 249 g/mol. The molecule has 0 radical (unpaired) electrons. The summed E-state index contributed by atoms with van der Waals surface area (Å²) >= 11 is 0. The van der Waals surface area contributed by atoms with Crippen LogP contribution < -0.4 is 0 Å². The van der Waals surface area contributed by atoms with Gasteiger partial charge in [0.05, 0.1) is 5.69 Å². The van der Waals surface area contributed by atoms with E-state index in [2.05, 4.69) is 35.7 Å². The minimum absolute atomic E-state index is 0.178. The number of pyridine rings is 1. The highest BCUT2D eigenvalue weighted by atomic mass is 16.3. The number of piperazine rings is 1. The summed E-state index contributed by atoms with van der Waals surface area (Å²) in [4.78, 5) is 9.17. The van der Waals surface area contributed by atoms with E-state index in [4.69, 9.17) is 0 Å². The summed E-state index contributed by atoms with van der Waals surface area (Å²) in [6.45, 7) is 10.3. The topological polar surface area (TPSA) is 39.6 Å². The van der Waals surface area contributed by atoms with Gasteiger partial charge in [0.15, 0.2) is 0 Å². The second-order valence-corrected chi connectivity index (χ2v) is 5.86. The van der Waals surface area contributed by atoms with E-state index in [1.165, 1.54) is 0 Å². The standard InChI is InChI=1S/C14H23N3O/c1-11-5-6-13(18)12(15-11)9-17-8-7-16(4)14(2,3)10-17/h5-6,18H,7-10H2,1-4H3. The fourth-order valence-corrected chi connectivity index (χ4v) is 2.41. The summed E-state index contributed by atoms with van der Waals surface area (Å²) in [5.74, 6) is 0.303. The van der Waals surface area contributed by atoms with Gasteiger partial charge in [0.2, 0.25) is 0 Å². The van der Waals surface area contributed by atoms with E-state index in [1.54, 1.807) is 6.07 Å². The molecule has 1 fully saturated rings. The van der Waals surface area contributed by atoms with Crippen LogP contribution in [0.25, 0.3) is 0 Å². The van der Waals surface area contributed by atoms with E-state index >= 15 is 0 Å². The predicted octanol–water partition coefficient (Wildman–Crippen LogP) is 1.62. The van der Waals surface area contributed by atoms with Crippen LogP contribution in [0.4, 0.5) is 0 Å². The molecule has 0 saturated carbocycles. The molecule has 2 rings (SSSR count). The second kappa shape index (κ2) is 4.86. The Morgan fingerprint density at radius 1 is 1.33 bits per heavy atom. The Kier molecular flexibility index (Phi) is 3.59. The third kappa shape index (κ3) is 2.82. The average Bonchev–Trinajstić information content (AvgIpc) is 2.28. The zero-order valence-corrected chi connectivity index (χ0v) is 11.8. The van der Waals surface area contributed by atoms with Crippen molar-refractivity contribution in [2.75, 3.05) is 26.7 Å². The molecular formula is C14H23N3O. The fourth-order valence-electron chi connectivity index (χ4n) is 2.41. The molecule has 0 aliphatic carbocycles. The first-order valence-electron chi connectivity index (χ1n) is 6.47. The molecule has 0 amide bonds. The zero-order valence-electron chi connectivity index (χ0n) is 11.8. The van der Waals surface area contributed by atoms with Crippen LogP contribution >= 0.6 is 0 Å². The first-order chi connectivity index (χ1) is 8.38. The van der Waals surface area contributed by atoms with Crippen molar-refractivity contribution < 1.29 is 5.11 Å². The first kappa shape index (κ1) is 13.3. The molecule has 1 aliphatic rings. The molecule has 1 aromatic rings. The second-order valence-electron chi connectivity index (χ2n) is 5.86. The highest BCUT2D eigenvalue weighted by molar-refractivity contribution is 5.27. The van der Waals surface area contributed by atoms with Gasteiger partial charge in [-0.05, 0) is 40.0 Å². The summed E-state index contributed by atoms with van der Waals surface area (Å²) < 4.78 is 0. The minimum Gasteiger partial charge on any atom is -0.506 e. The van der Waals surface area contributed by atoms with Gasteiger partial charge in [-0.2, -0.15) is 0 Å². The van der Waals surface area contributed by atoms with Gasteiger partial charge in [0.1, 0.15) is 5.75 Å². The van der Waals surface area contributed by atoms with Crippen LogP contribution in [-0.4, -0.2) is 52.1 Å². The third-order valence-electron chi connectivity index (χ3n) is 3.86. The largest absolute Gasteiger partial charge is 0.506 e. The molecule has 1 N–H and O–H groups in total. The summed E-state index contributed by atoms with van der Waals surface area (Å²) in [5, 5.41) is 9.85. The van der Waals surface area contributed by atoms with Gasteiger partial charge in [-0.25, -0.2) is 0 Å². The summed E-state index contributed by atoms with van der Waals surface area (Å²) in [6, 6.07) is 3.58. The Morgan fingerprint density at radius 2 is 2.06 bits per heavy atom. The smallest absolute Gasteiger partial charge is 0.138 e. The fraction of sp³-hybridized carbons (Fsp3) is 0.643. The van der Waals surface area contributed by atoms with Crippen LogP contribution in [0.1, 0.15) is 25.2 Å². The van der Waals surface area contributed by atoms with Crippen LogP contribution in [0.3, 0.4) is 0 Å². The maximum atomic E-state index is 9.85. The average molecular weight is 249 g/mol. The molecular weight excluding hydrogens is 226 g/mol. The zero-order chi connectivity index (χ0) is 13.3. The summed E-state index contributed by atoms with van der Waals surface area (Å²) in [7, 11) is 2.17. The highest BCUT2D eigenvalue weighted by Crippen LogP contribution is 2.22. The quantitative estimate of drug-likeness (QED) is 0.864. The van der Waals surface area contributed by atoms with E-state index < -0.39 is 0 Å². The molecule has 100 valence electrons. The maximum Gasteiger partial charge on any atom is 0.138 e. The number of hydrogen-bond donors (Lipinski definition) is 1. The Bertz CT molecular complexity index is 431. The van der Waals surface area contributed by atoms with Crippen LogP contribution in [0, 0.1) is 6.92 Å². The highest BCUT2D eigenvalue weighted by Gasteiger charge is 2.31. The number of aryl methyl sites for hydroxylation is 1. The van der Waals surface area contributed by atoms with Crippen LogP contribution in [0.5, 0.6) is 5.75 Å². The van der Waals surface area contributed by atoms with Crippen molar-refractivity contribution >= 4 is 0 Å². The van der Waals surface area contributed by atoms with Gasteiger partial charge >= 0.3 is 0 Å². The van der Waals surface area contributed by atoms with E-state index in [-0.39, 0.29) is 5.54 Å². The van der Waals surface area contributed by atoms with Crippen LogP contribution in [-0.2, 0) is 6.54 Å². The van der Waals surface area contributed by atoms with Crippen LogP contribution in [0.15, 0.2) is 12.1 Å². The van der Waals surface area contributed by atoms with Crippen molar-refractivity contribution in [1.29, 1.82) is 0 Å². The molecule has 1 saturated heterocycles. The van der Waals surface area contributed by atoms with Gasteiger partial charge < -0.3 is 5.11 Å². The van der Waals surface area contributed by atoms with Gasteiger partial charge in [0.25, 0.3) is 0 Å². The molecule has 0 atom stereocenters. The van der Waals surface area contributed by atoms with Gasteiger partial charge in [-0.15, -0.1) is 0 Å². The van der Waals surface area contributed by atoms with Crippen molar-refractivity contribution in [3.05, 3.63) is 23.5 Å². The maximum absolute atomic E-state index is 9.85. The molecule has 0 unspecified atom stereocenters. The Labute approximate surface area is 109 Å². The lowest BCUT2D eigenvalue weighted by atomic mass is 9.99. The number of hydrogen-bond acceptors (Lipinski definition) is 4. The van der Waals surface area contributed by atoms with Crippen molar-refractivity contribution in [2.24, 2.45) is 0 Å². The minimum atomic E-state index is 0.178. The first-order valence-corrected chi connectivity index (χ1v) is 6.47. The molecule has 0 spiro atoms. The molecule has 0 bridgehead atoms. The van der Waals surface area contributed by atoms with Gasteiger partial charge in [0, 0.05) is 37.4 Å². The lowest BCUT2D eigenvalue weighted by Crippen LogP contribution is -2.57. The van der Waals surface area contributed by atoms with E-state index in [1.807, 2.05) is 13.0 Å². The van der Waals surface area contributed by atoms with Crippen molar-refractivity contribution in [1.82, 2.24) is 14.8 Å². The molecule has 1 aliphatic heterocycles. The van der Waals surface area contributed by atoms with Gasteiger partial charge in [-0.1, -0.05) is 0 Å². The molecule has 0 aromatic carbocycles. The predicted molar refractivity (Wildman–Crippen MR) is 72.6 cm³/mol. The Balaban J connectivity index is 2.08. The summed E-state index contributed by atoms with van der Waals surface area (Å²) in [6.07, 6.45) is 0. The number of likely N-dealkylation sites (N-methyl/N-ethyl adjacent to an activating group) is 1. The van der Waals surface area contributed by atoms with E-state index in [0.29, 0.717) is 5.75 Å². The van der Waals surface area contributed by atoms with E-state index in [0.717, 1.165) is 37.6 Å². The molecule has 1 aromatic heterocycles. The number of rotatable bonds is 2. The molecule has 4 heteroatoms. The normalized spacial score (nSPS) is 21.1. The molecule has 18 heavy (non-hydrogen) atoms. The Hall–Kier alpha value is -1.13.